The van der Waals surface area contributed by atoms with Crippen molar-refractivity contribution in [3.63, 3.8) is 0 Å². The lowest BCUT2D eigenvalue weighted by Gasteiger charge is -2.10. The van der Waals surface area contributed by atoms with Gasteiger partial charge in [0.2, 0.25) is 0 Å². The minimum atomic E-state index is -0.261. The molecular formula is C24H19ClN4O2. The van der Waals surface area contributed by atoms with Crippen LogP contribution in [0.2, 0.25) is 5.02 Å². The van der Waals surface area contributed by atoms with Gasteiger partial charge in [-0.1, -0.05) is 48.0 Å². The molecule has 0 atom stereocenters. The van der Waals surface area contributed by atoms with Crippen LogP contribution in [0.3, 0.4) is 0 Å². The van der Waals surface area contributed by atoms with E-state index in [1.807, 2.05) is 12.1 Å². The van der Waals surface area contributed by atoms with Gasteiger partial charge in [0, 0.05) is 22.2 Å². The molecule has 4 rings (SSSR count). The summed E-state index contributed by atoms with van der Waals surface area (Å²) >= 11 is 6.06. The topological polar surface area (TPSA) is 90.0 Å². The normalized spacial score (nSPS) is 10.6. The first-order valence-corrected chi connectivity index (χ1v) is 9.96. The highest BCUT2D eigenvalue weighted by Crippen LogP contribution is 2.20. The molecule has 0 aliphatic rings. The number of anilines is 2. The first-order chi connectivity index (χ1) is 15.0. The molecule has 1 aromatic heterocycles. The molecule has 0 bridgehead atoms. The lowest BCUT2D eigenvalue weighted by Crippen LogP contribution is -2.23. The monoisotopic (exact) mass is 430 g/mol. The minimum Gasteiger partial charge on any atom is -0.397 e. The second-order valence-corrected chi connectivity index (χ2v) is 7.40. The summed E-state index contributed by atoms with van der Waals surface area (Å²) in [4.78, 5) is 24.8. The maximum absolute atomic E-state index is 12.5. The number of nitrogens with two attached hydrogens (primary N) is 1. The molecule has 1 amide bonds. The van der Waals surface area contributed by atoms with Crippen molar-refractivity contribution in [1.29, 1.82) is 0 Å². The molecule has 31 heavy (non-hydrogen) atoms. The van der Waals surface area contributed by atoms with Crippen LogP contribution in [0.5, 0.6) is 0 Å². The maximum Gasteiger partial charge on any atom is 0.267 e. The van der Waals surface area contributed by atoms with Crippen LogP contribution in [-0.2, 0) is 6.54 Å². The highest BCUT2D eigenvalue weighted by Gasteiger charge is 2.09. The second kappa shape index (κ2) is 8.85. The third kappa shape index (κ3) is 4.82. The molecule has 0 fully saturated rings. The highest BCUT2D eigenvalue weighted by atomic mass is 35.5. The number of hydrogen-bond donors (Lipinski definition) is 2. The van der Waals surface area contributed by atoms with Crippen LogP contribution < -0.4 is 16.6 Å². The number of nitrogen functional groups attached to an aromatic ring is 1. The fourth-order valence-corrected chi connectivity index (χ4v) is 3.29. The van der Waals surface area contributed by atoms with Crippen LogP contribution in [0.1, 0.15) is 15.9 Å². The molecule has 154 valence electrons. The predicted molar refractivity (Wildman–Crippen MR) is 123 cm³/mol. The quantitative estimate of drug-likeness (QED) is 0.458. The van der Waals surface area contributed by atoms with Crippen molar-refractivity contribution in [3.8, 4) is 11.3 Å². The van der Waals surface area contributed by atoms with Crippen LogP contribution in [0.25, 0.3) is 11.3 Å². The molecule has 0 aliphatic heterocycles. The van der Waals surface area contributed by atoms with Crippen LogP contribution in [0, 0.1) is 0 Å². The van der Waals surface area contributed by atoms with Gasteiger partial charge >= 0.3 is 0 Å². The van der Waals surface area contributed by atoms with E-state index < -0.39 is 0 Å². The van der Waals surface area contributed by atoms with E-state index in [1.165, 1.54) is 10.7 Å². The molecule has 0 saturated heterocycles. The SMILES string of the molecule is Nc1ccccc1NC(=O)c1ccc(Cn2nc(-c3cccc(Cl)c3)ccc2=O)cc1. The standard InChI is InChI=1S/C24H19ClN4O2/c25-19-5-3-4-18(14-19)21-12-13-23(30)29(28-21)15-16-8-10-17(11-9-16)24(31)27-22-7-2-1-6-20(22)26/h1-14H,15,26H2,(H,27,31). The molecule has 3 N–H and O–H groups in total. The Balaban J connectivity index is 1.51. The van der Waals surface area contributed by atoms with E-state index in [1.54, 1.807) is 66.7 Å². The van der Waals surface area contributed by atoms with Gasteiger partial charge < -0.3 is 11.1 Å². The van der Waals surface area contributed by atoms with Crippen molar-refractivity contribution < 1.29 is 4.79 Å². The summed E-state index contributed by atoms with van der Waals surface area (Å²) in [6.45, 7) is 0.279. The fourth-order valence-electron chi connectivity index (χ4n) is 3.10. The van der Waals surface area contributed by atoms with Gasteiger partial charge in [0.1, 0.15) is 0 Å². The number of carbonyl (C=O) groups is 1. The number of hydrogen-bond acceptors (Lipinski definition) is 4. The van der Waals surface area contributed by atoms with E-state index in [0.29, 0.717) is 27.7 Å². The summed E-state index contributed by atoms with van der Waals surface area (Å²) in [7, 11) is 0. The number of benzene rings is 3. The van der Waals surface area contributed by atoms with E-state index in [4.69, 9.17) is 17.3 Å². The molecule has 0 radical (unpaired) electrons. The van der Waals surface area contributed by atoms with Crippen molar-refractivity contribution in [2.45, 2.75) is 6.54 Å². The Morgan fingerprint density at radius 1 is 0.968 bits per heavy atom. The number of rotatable bonds is 5. The third-order valence-electron chi connectivity index (χ3n) is 4.74. The van der Waals surface area contributed by atoms with E-state index in [9.17, 15) is 9.59 Å². The molecule has 7 heteroatoms. The van der Waals surface area contributed by atoms with Crippen molar-refractivity contribution in [2.75, 3.05) is 11.1 Å². The van der Waals surface area contributed by atoms with Gasteiger partial charge in [-0.05, 0) is 48.0 Å². The predicted octanol–water partition coefficient (Wildman–Crippen LogP) is 4.45. The van der Waals surface area contributed by atoms with Crippen molar-refractivity contribution >= 4 is 28.9 Å². The Kier molecular flexibility index (Phi) is 5.82. The fraction of sp³-hybridized carbons (Fsp3) is 0.0417. The molecule has 0 aliphatic carbocycles. The van der Waals surface area contributed by atoms with Crippen LogP contribution >= 0.6 is 11.6 Å². The maximum atomic E-state index is 12.5. The number of halogens is 1. The highest BCUT2D eigenvalue weighted by molar-refractivity contribution is 6.30. The van der Waals surface area contributed by atoms with Gasteiger partial charge in [0.05, 0.1) is 23.6 Å². The molecule has 0 spiro atoms. The number of aromatic nitrogens is 2. The number of para-hydroxylation sites is 2. The molecular weight excluding hydrogens is 412 g/mol. The average molecular weight is 431 g/mol. The van der Waals surface area contributed by atoms with E-state index in [2.05, 4.69) is 10.4 Å². The second-order valence-electron chi connectivity index (χ2n) is 6.96. The smallest absolute Gasteiger partial charge is 0.267 e. The molecule has 0 unspecified atom stereocenters. The van der Waals surface area contributed by atoms with Gasteiger partial charge in [-0.3, -0.25) is 9.59 Å². The molecule has 3 aromatic carbocycles. The third-order valence-corrected chi connectivity index (χ3v) is 4.98. The Morgan fingerprint density at radius 2 is 1.74 bits per heavy atom. The average Bonchev–Trinajstić information content (AvgIpc) is 2.77. The summed E-state index contributed by atoms with van der Waals surface area (Å²) in [6.07, 6.45) is 0. The minimum absolute atomic E-state index is 0.216. The Labute approximate surface area is 183 Å². The Morgan fingerprint density at radius 3 is 2.48 bits per heavy atom. The summed E-state index contributed by atoms with van der Waals surface area (Å²) in [5.74, 6) is -0.261. The summed E-state index contributed by atoms with van der Waals surface area (Å²) < 4.78 is 1.38. The van der Waals surface area contributed by atoms with Gasteiger partial charge in [0.25, 0.3) is 11.5 Å². The van der Waals surface area contributed by atoms with Gasteiger partial charge in [-0.25, -0.2) is 4.68 Å². The lowest BCUT2D eigenvalue weighted by molar-refractivity contribution is 0.102. The summed E-state index contributed by atoms with van der Waals surface area (Å²) in [5, 5.41) is 7.85. The Bertz CT molecular complexity index is 1300. The number of nitrogens with one attached hydrogen (secondary N) is 1. The zero-order chi connectivity index (χ0) is 21.8. The molecule has 0 saturated carbocycles. The molecule has 6 nitrogen and oxygen atoms in total. The van der Waals surface area contributed by atoms with Gasteiger partial charge in [-0.2, -0.15) is 5.10 Å². The Hall–Kier alpha value is -3.90. The number of carbonyl (C=O) groups excluding carboxylic acids is 1. The largest absolute Gasteiger partial charge is 0.397 e. The van der Waals surface area contributed by atoms with Gasteiger partial charge in [-0.15, -0.1) is 0 Å². The van der Waals surface area contributed by atoms with E-state index >= 15 is 0 Å². The zero-order valence-electron chi connectivity index (χ0n) is 16.5. The van der Waals surface area contributed by atoms with Crippen molar-refractivity contribution in [1.82, 2.24) is 9.78 Å². The van der Waals surface area contributed by atoms with Crippen molar-refractivity contribution in [3.05, 3.63) is 111 Å². The van der Waals surface area contributed by atoms with E-state index in [-0.39, 0.29) is 18.0 Å². The first-order valence-electron chi connectivity index (χ1n) is 9.58. The molecule has 1 heterocycles. The first kappa shape index (κ1) is 20.4. The van der Waals surface area contributed by atoms with Gasteiger partial charge in [0.15, 0.2) is 0 Å². The lowest BCUT2D eigenvalue weighted by atomic mass is 10.1. The van der Waals surface area contributed by atoms with Crippen LogP contribution in [-0.4, -0.2) is 15.7 Å². The zero-order valence-corrected chi connectivity index (χ0v) is 17.2. The summed E-state index contributed by atoms with van der Waals surface area (Å²) in [5.41, 5.74) is 9.52. The number of nitrogens with zero attached hydrogens (tertiary/aromatic N) is 2. The van der Waals surface area contributed by atoms with Crippen LogP contribution in [0.4, 0.5) is 11.4 Å². The molecule has 4 aromatic rings. The number of amides is 1. The van der Waals surface area contributed by atoms with Crippen LogP contribution in [0.15, 0.2) is 89.7 Å². The van der Waals surface area contributed by atoms with Crippen molar-refractivity contribution in [2.24, 2.45) is 0 Å². The van der Waals surface area contributed by atoms with E-state index in [0.717, 1.165) is 11.1 Å². The summed E-state index contributed by atoms with van der Waals surface area (Å²) in [6, 6.07) is 24.5.